The molecule has 0 aromatic heterocycles. The summed E-state index contributed by atoms with van der Waals surface area (Å²) in [5.74, 6) is 0.605. The molecular formula is C10H12Cl2OSi. The van der Waals surface area contributed by atoms with Gasteiger partial charge in [-0.2, -0.15) is 0 Å². The van der Waals surface area contributed by atoms with Gasteiger partial charge in [0.2, 0.25) is 0 Å². The molecule has 0 fully saturated rings. The van der Waals surface area contributed by atoms with Gasteiger partial charge in [-0.15, -0.1) is 11.1 Å². The standard InChI is InChI=1S/C10H12Cl2OSi/c1-8(13-14(2,3)12)9-4-6-10(11)7-5-9/h4-7H,1H2,2-3H3. The summed E-state index contributed by atoms with van der Waals surface area (Å²) in [6, 6.07) is 7.33. The monoisotopic (exact) mass is 246 g/mol. The fourth-order valence-corrected chi connectivity index (χ4v) is 2.10. The summed E-state index contributed by atoms with van der Waals surface area (Å²) < 4.78 is 5.53. The fraction of sp³-hybridized carbons (Fsp3) is 0.200. The molecule has 0 radical (unpaired) electrons. The van der Waals surface area contributed by atoms with E-state index >= 15 is 0 Å². The Hall–Kier alpha value is -0.443. The van der Waals surface area contributed by atoms with Crippen LogP contribution in [0, 0.1) is 0 Å². The number of benzene rings is 1. The highest BCUT2D eigenvalue weighted by Crippen LogP contribution is 2.22. The summed E-state index contributed by atoms with van der Waals surface area (Å²) in [7, 11) is -2.08. The predicted molar refractivity (Wildman–Crippen MR) is 64.9 cm³/mol. The van der Waals surface area contributed by atoms with Gasteiger partial charge in [-0.1, -0.05) is 18.2 Å². The second kappa shape index (κ2) is 4.38. The Labute approximate surface area is 95.1 Å². The van der Waals surface area contributed by atoms with E-state index in [0.717, 1.165) is 5.56 Å². The van der Waals surface area contributed by atoms with Gasteiger partial charge in [0.05, 0.1) is 0 Å². The molecule has 0 saturated carbocycles. The summed E-state index contributed by atoms with van der Waals surface area (Å²) in [5, 5.41) is 0.698. The molecule has 0 aliphatic rings. The third-order valence-electron chi connectivity index (χ3n) is 1.53. The molecule has 0 N–H and O–H groups in total. The minimum absolute atomic E-state index is 0.605. The minimum atomic E-state index is -2.08. The van der Waals surface area contributed by atoms with Gasteiger partial charge in [-0.05, 0) is 37.4 Å². The average molecular weight is 247 g/mol. The van der Waals surface area contributed by atoms with Crippen LogP contribution in [-0.2, 0) is 4.43 Å². The highest BCUT2D eigenvalue weighted by molar-refractivity contribution is 7.15. The molecule has 1 aromatic rings. The molecule has 1 rings (SSSR count). The molecule has 76 valence electrons. The molecule has 0 atom stereocenters. The van der Waals surface area contributed by atoms with Gasteiger partial charge in [-0.25, -0.2) is 0 Å². The predicted octanol–water partition coefficient (Wildman–Crippen LogP) is 4.27. The zero-order valence-electron chi connectivity index (χ0n) is 8.18. The maximum atomic E-state index is 6.04. The highest BCUT2D eigenvalue weighted by Gasteiger charge is 2.21. The van der Waals surface area contributed by atoms with Crippen LogP contribution in [0.25, 0.3) is 5.76 Å². The van der Waals surface area contributed by atoms with Crippen LogP contribution in [0.15, 0.2) is 30.8 Å². The quantitative estimate of drug-likeness (QED) is 0.440. The maximum Gasteiger partial charge on any atom is 0.341 e. The Morgan fingerprint density at radius 1 is 1.29 bits per heavy atom. The molecule has 0 amide bonds. The molecular weight excluding hydrogens is 235 g/mol. The molecule has 1 aromatic carbocycles. The van der Waals surface area contributed by atoms with Crippen molar-refractivity contribution in [2.75, 3.05) is 0 Å². The van der Waals surface area contributed by atoms with E-state index in [-0.39, 0.29) is 0 Å². The van der Waals surface area contributed by atoms with Crippen molar-refractivity contribution in [3.8, 4) is 0 Å². The molecule has 14 heavy (non-hydrogen) atoms. The van der Waals surface area contributed by atoms with Crippen LogP contribution in [-0.4, -0.2) is 7.63 Å². The third-order valence-corrected chi connectivity index (χ3v) is 2.75. The Morgan fingerprint density at radius 2 is 1.79 bits per heavy atom. The van der Waals surface area contributed by atoms with Crippen LogP contribution >= 0.6 is 22.7 Å². The first kappa shape index (κ1) is 11.6. The smallest absolute Gasteiger partial charge is 0.341 e. The van der Waals surface area contributed by atoms with Gasteiger partial charge in [0.15, 0.2) is 0 Å². The summed E-state index contributed by atoms with van der Waals surface area (Å²) in [6.45, 7) is 7.62. The number of rotatable bonds is 3. The van der Waals surface area contributed by atoms with E-state index in [9.17, 15) is 0 Å². The van der Waals surface area contributed by atoms with Crippen molar-refractivity contribution in [1.29, 1.82) is 0 Å². The SMILES string of the molecule is C=C(O[Si](C)(C)Cl)c1ccc(Cl)cc1. The third kappa shape index (κ3) is 3.74. The first-order valence-corrected chi connectivity index (χ1v) is 8.51. The second-order valence-electron chi connectivity index (χ2n) is 3.40. The lowest BCUT2D eigenvalue weighted by Crippen LogP contribution is -2.20. The van der Waals surface area contributed by atoms with Crippen LogP contribution in [0.3, 0.4) is 0 Å². The summed E-state index contributed by atoms with van der Waals surface area (Å²) in [6.07, 6.45) is 0. The molecule has 1 nitrogen and oxygen atoms in total. The maximum absolute atomic E-state index is 6.04. The molecule has 4 heteroatoms. The van der Waals surface area contributed by atoms with Crippen molar-refractivity contribution in [1.82, 2.24) is 0 Å². The van der Waals surface area contributed by atoms with Crippen molar-refractivity contribution in [3.63, 3.8) is 0 Å². The molecule has 0 spiro atoms. The second-order valence-corrected chi connectivity index (χ2v) is 9.49. The van der Waals surface area contributed by atoms with Crippen molar-refractivity contribution in [2.24, 2.45) is 0 Å². The zero-order valence-corrected chi connectivity index (χ0v) is 10.7. The van der Waals surface area contributed by atoms with Crippen LogP contribution in [0.1, 0.15) is 5.56 Å². The van der Waals surface area contributed by atoms with Crippen molar-refractivity contribution < 1.29 is 4.43 Å². The van der Waals surface area contributed by atoms with Gasteiger partial charge in [-0.3, -0.25) is 0 Å². The Bertz CT molecular complexity index is 327. The lowest BCUT2D eigenvalue weighted by molar-refractivity contribution is 0.530. The number of halogens is 2. The summed E-state index contributed by atoms with van der Waals surface area (Å²) >= 11 is 11.8. The minimum Gasteiger partial charge on any atom is -0.530 e. The van der Waals surface area contributed by atoms with E-state index in [4.69, 9.17) is 27.1 Å². The van der Waals surface area contributed by atoms with E-state index < -0.39 is 7.63 Å². The van der Waals surface area contributed by atoms with E-state index in [2.05, 4.69) is 6.58 Å². The number of hydrogen-bond donors (Lipinski definition) is 0. The average Bonchev–Trinajstić information content (AvgIpc) is 2.02. The van der Waals surface area contributed by atoms with Gasteiger partial charge in [0, 0.05) is 10.6 Å². The zero-order chi connectivity index (χ0) is 10.8. The van der Waals surface area contributed by atoms with E-state index in [1.807, 2.05) is 25.2 Å². The summed E-state index contributed by atoms with van der Waals surface area (Å²) in [5.41, 5.74) is 0.913. The van der Waals surface area contributed by atoms with Crippen molar-refractivity contribution >= 4 is 36.1 Å². The normalized spacial score (nSPS) is 11.1. The lowest BCUT2D eigenvalue weighted by atomic mass is 10.2. The molecule has 0 aliphatic carbocycles. The lowest BCUT2D eigenvalue weighted by Gasteiger charge is -2.18. The fourth-order valence-electron chi connectivity index (χ4n) is 0.988. The topological polar surface area (TPSA) is 9.23 Å². The molecule has 0 heterocycles. The van der Waals surface area contributed by atoms with Crippen LogP contribution < -0.4 is 0 Å². The molecule has 0 unspecified atom stereocenters. The molecule has 0 bridgehead atoms. The molecule has 0 aliphatic heterocycles. The van der Waals surface area contributed by atoms with Crippen LogP contribution in [0.4, 0.5) is 0 Å². The first-order valence-electron chi connectivity index (χ1n) is 4.21. The van der Waals surface area contributed by atoms with Gasteiger partial charge < -0.3 is 4.43 Å². The Balaban J connectivity index is 2.76. The Morgan fingerprint density at radius 3 is 2.21 bits per heavy atom. The van der Waals surface area contributed by atoms with Gasteiger partial charge >= 0.3 is 7.63 Å². The van der Waals surface area contributed by atoms with Gasteiger partial charge in [0.25, 0.3) is 0 Å². The van der Waals surface area contributed by atoms with E-state index in [0.29, 0.717) is 10.8 Å². The van der Waals surface area contributed by atoms with Crippen LogP contribution in [0.2, 0.25) is 18.1 Å². The first-order chi connectivity index (χ1) is 6.38. The highest BCUT2D eigenvalue weighted by atomic mass is 35.6. The van der Waals surface area contributed by atoms with E-state index in [1.54, 1.807) is 12.1 Å². The van der Waals surface area contributed by atoms with Crippen molar-refractivity contribution in [2.45, 2.75) is 13.1 Å². The summed E-state index contributed by atoms with van der Waals surface area (Å²) in [4.78, 5) is 0. The van der Waals surface area contributed by atoms with Crippen molar-refractivity contribution in [3.05, 3.63) is 41.4 Å². The van der Waals surface area contributed by atoms with Gasteiger partial charge in [0.1, 0.15) is 5.76 Å². The van der Waals surface area contributed by atoms with E-state index in [1.165, 1.54) is 0 Å². The van der Waals surface area contributed by atoms with Crippen LogP contribution in [0.5, 0.6) is 0 Å². The Kier molecular flexibility index (Phi) is 3.64. The largest absolute Gasteiger partial charge is 0.530 e. The molecule has 0 saturated heterocycles. The number of hydrogen-bond acceptors (Lipinski definition) is 1.